The lowest BCUT2D eigenvalue weighted by atomic mass is 9.33. The standard InChI is InChI=1S/C112H81BN4/c1-111(2,3)82-44-26-42-77(60-82)92-64-79(70-30-12-7-13-31-70)62-90(73-36-18-10-19-37-73)109(92)116-100-68-84(114-96-50-24-22-46-86(96)87-47-23-25-51-97(87)114)54-56-94(100)113-95-57-55-85(115-98-58-52-75-40-28-48-88-89-49-29-41-76-53-59-99(115)107(105(76)89)106(98)104(75)88)69-101(95)117(103-67-81(66-102(116)108(103)113)72-34-16-9-17-35-72)110-91(74-38-20-11-21-39-74)63-80(71-32-14-8-15-33-71)65-93(110)78-43-27-45-83(61-78)112(4,5)6/h7-69H,1-6H3. The van der Waals surface area contributed by atoms with Crippen molar-refractivity contribution in [3.05, 3.63) is 393 Å². The van der Waals surface area contributed by atoms with E-state index >= 15 is 0 Å². The Balaban J connectivity index is 0.912. The first-order valence-corrected chi connectivity index (χ1v) is 41.1. The molecule has 0 aliphatic carbocycles. The third kappa shape index (κ3) is 10.7. The summed E-state index contributed by atoms with van der Waals surface area (Å²) in [5, 5.41) is 12.7. The Kier molecular flexibility index (Phi) is 15.3. The molecular formula is C112H81BN4. The van der Waals surface area contributed by atoms with Crippen molar-refractivity contribution < 1.29 is 0 Å². The van der Waals surface area contributed by atoms with E-state index in [1.165, 1.54) is 92.4 Å². The molecule has 0 saturated carbocycles. The molecule has 0 amide bonds. The van der Waals surface area contributed by atoms with E-state index in [4.69, 9.17) is 0 Å². The number of hydrogen-bond donors (Lipinski definition) is 0. The summed E-state index contributed by atoms with van der Waals surface area (Å²) in [5.41, 5.74) is 35.1. The number of fused-ring (bicyclic) bond motifs is 8. The van der Waals surface area contributed by atoms with Gasteiger partial charge in [-0.2, -0.15) is 0 Å². The molecular weight excluding hydrogens is 1410 g/mol. The van der Waals surface area contributed by atoms with Gasteiger partial charge in [0.25, 0.3) is 6.71 Å². The summed E-state index contributed by atoms with van der Waals surface area (Å²) in [6, 6.07) is 146. The van der Waals surface area contributed by atoms with Gasteiger partial charge in [0.2, 0.25) is 0 Å². The fraction of sp³-hybridized carbons (Fsp3) is 0.0714. The molecule has 0 spiro atoms. The van der Waals surface area contributed by atoms with Crippen molar-refractivity contribution in [2.24, 2.45) is 0 Å². The normalized spacial score (nSPS) is 12.8. The van der Waals surface area contributed by atoms with Crippen LogP contribution in [0.2, 0.25) is 0 Å². The molecule has 23 rings (SSSR count). The molecule has 4 heterocycles. The minimum atomic E-state index is -0.315. The second kappa shape index (κ2) is 26.1. The molecule has 0 saturated heterocycles. The highest BCUT2D eigenvalue weighted by Gasteiger charge is 2.46. The van der Waals surface area contributed by atoms with Gasteiger partial charge in [0.05, 0.1) is 33.4 Å². The highest BCUT2D eigenvalue weighted by Crippen LogP contribution is 2.57. The summed E-state index contributed by atoms with van der Waals surface area (Å²) < 4.78 is 5.11. The third-order valence-corrected chi connectivity index (χ3v) is 25.4. The van der Waals surface area contributed by atoms with Gasteiger partial charge in [-0.3, -0.25) is 0 Å². The Labute approximate surface area is 682 Å². The zero-order valence-corrected chi connectivity index (χ0v) is 66.2. The molecule has 4 nitrogen and oxygen atoms in total. The van der Waals surface area contributed by atoms with Gasteiger partial charge in [-0.05, 0) is 211 Å². The van der Waals surface area contributed by atoms with Gasteiger partial charge in [0.15, 0.2) is 0 Å². The zero-order chi connectivity index (χ0) is 78.1. The van der Waals surface area contributed by atoms with E-state index in [9.17, 15) is 0 Å². The van der Waals surface area contributed by atoms with E-state index in [-0.39, 0.29) is 17.5 Å². The van der Waals surface area contributed by atoms with Crippen LogP contribution in [-0.4, -0.2) is 15.8 Å². The fourth-order valence-corrected chi connectivity index (χ4v) is 20.0. The van der Waals surface area contributed by atoms with Gasteiger partial charge in [-0.15, -0.1) is 0 Å². The molecule has 0 radical (unpaired) electrons. The van der Waals surface area contributed by atoms with Crippen molar-refractivity contribution in [1.82, 2.24) is 9.13 Å². The first kappa shape index (κ1) is 68.4. The van der Waals surface area contributed by atoms with Gasteiger partial charge in [-0.1, -0.05) is 339 Å². The van der Waals surface area contributed by atoms with Crippen LogP contribution in [0.3, 0.4) is 0 Å². The average Bonchev–Trinajstić information content (AvgIpc) is 1.66. The summed E-state index contributed by atoms with van der Waals surface area (Å²) in [5.74, 6) is 0. The summed E-state index contributed by atoms with van der Waals surface area (Å²) in [4.78, 5) is 5.49. The van der Waals surface area contributed by atoms with E-state index in [1.807, 2.05) is 0 Å². The van der Waals surface area contributed by atoms with Crippen molar-refractivity contribution in [2.75, 3.05) is 9.80 Å². The van der Waals surface area contributed by atoms with Crippen LogP contribution in [0.4, 0.5) is 34.1 Å². The van der Waals surface area contributed by atoms with E-state index in [2.05, 4.69) is 443 Å². The van der Waals surface area contributed by atoms with E-state index in [0.29, 0.717) is 0 Å². The maximum atomic E-state index is 2.75. The number of nitrogens with zero attached hydrogens (tertiary/aromatic N) is 4. The predicted molar refractivity (Wildman–Crippen MR) is 499 cm³/mol. The lowest BCUT2D eigenvalue weighted by Crippen LogP contribution is -2.61. The molecule has 0 unspecified atom stereocenters. The number of anilines is 6. The summed E-state index contributed by atoms with van der Waals surface area (Å²) in [7, 11) is 0. The first-order valence-electron chi connectivity index (χ1n) is 41.1. The van der Waals surface area contributed by atoms with E-state index in [1.54, 1.807) is 0 Å². The monoisotopic (exact) mass is 1490 g/mol. The lowest BCUT2D eigenvalue weighted by molar-refractivity contribution is 0.590. The fourth-order valence-electron chi connectivity index (χ4n) is 20.0. The van der Waals surface area contributed by atoms with Crippen molar-refractivity contribution in [1.29, 1.82) is 0 Å². The quantitative estimate of drug-likeness (QED) is 0.0729. The number of hydrogen-bond acceptors (Lipinski definition) is 2. The van der Waals surface area contributed by atoms with E-state index < -0.39 is 0 Å². The van der Waals surface area contributed by atoms with Crippen molar-refractivity contribution in [3.8, 4) is 89.3 Å². The van der Waals surface area contributed by atoms with Crippen LogP contribution in [0.1, 0.15) is 52.7 Å². The van der Waals surface area contributed by atoms with Gasteiger partial charge >= 0.3 is 0 Å². The van der Waals surface area contributed by atoms with Gasteiger partial charge in [-0.25, -0.2) is 0 Å². The lowest BCUT2D eigenvalue weighted by Gasteiger charge is -2.46. The summed E-state index contributed by atoms with van der Waals surface area (Å²) in [6.45, 7) is 13.7. The van der Waals surface area contributed by atoms with Crippen LogP contribution in [0.15, 0.2) is 382 Å². The maximum Gasteiger partial charge on any atom is 0.252 e. The summed E-state index contributed by atoms with van der Waals surface area (Å²) in [6.07, 6.45) is 0. The Morgan fingerprint density at radius 3 is 0.957 bits per heavy atom. The molecule has 0 atom stereocenters. The van der Waals surface area contributed by atoms with Crippen LogP contribution >= 0.6 is 0 Å². The van der Waals surface area contributed by atoms with Crippen LogP contribution in [0.25, 0.3) is 165 Å². The predicted octanol–water partition coefficient (Wildman–Crippen LogP) is 28.6. The Morgan fingerprint density at radius 2 is 0.556 bits per heavy atom. The molecule has 2 aromatic heterocycles. The second-order valence-electron chi connectivity index (χ2n) is 34.3. The molecule has 2 aliphatic rings. The van der Waals surface area contributed by atoms with Crippen LogP contribution in [0.5, 0.6) is 0 Å². The number of rotatable bonds is 11. The van der Waals surface area contributed by atoms with Crippen LogP contribution < -0.4 is 26.2 Å². The topological polar surface area (TPSA) is 16.3 Å². The number of aromatic nitrogens is 2. The summed E-state index contributed by atoms with van der Waals surface area (Å²) >= 11 is 0. The Bertz CT molecular complexity index is 7420. The SMILES string of the molecule is CC(C)(C)c1cccc(-c2cc(-c3ccccc3)cc(-c3ccccc3)c2N2c3cc(-n4c5ccccc5c5ccccc54)ccc3B3c4ccc(-n5c6ccc7cccc8c9cccc%10ccc5c(c%109)c6c78)cc4N(c4c(-c5ccccc5)cc(-c5ccccc5)cc4-c4cccc(C(C)(C)C)c4)c4cc(-c5ccccc5)cc2c43)c1. The molecule has 0 bridgehead atoms. The average molecular weight is 1490 g/mol. The Morgan fingerprint density at radius 1 is 0.222 bits per heavy atom. The van der Waals surface area contributed by atoms with Crippen molar-refractivity contribution in [2.45, 2.75) is 52.4 Å². The highest BCUT2D eigenvalue weighted by molar-refractivity contribution is 7.00. The van der Waals surface area contributed by atoms with Crippen molar-refractivity contribution in [3.63, 3.8) is 0 Å². The molecule has 117 heavy (non-hydrogen) atoms. The molecule has 552 valence electrons. The zero-order valence-electron chi connectivity index (χ0n) is 66.2. The number of para-hydroxylation sites is 2. The third-order valence-electron chi connectivity index (χ3n) is 25.4. The largest absolute Gasteiger partial charge is 0.310 e. The molecule has 0 N–H and O–H groups in total. The second-order valence-corrected chi connectivity index (χ2v) is 34.3. The minimum absolute atomic E-state index is 0.158. The van der Waals surface area contributed by atoms with E-state index in [0.717, 1.165) is 134 Å². The van der Waals surface area contributed by atoms with Crippen molar-refractivity contribution >= 4 is 133 Å². The molecule has 2 aliphatic heterocycles. The van der Waals surface area contributed by atoms with Gasteiger partial charge < -0.3 is 18.9 Å². The Hall–Kier alpha value is -14.3. The van der Waals surface area contributed by atoms with Crippen LogP contribution in [-0.2, 0) is 10.8 Å². The first-order chi connectivity index (χ1) is 57.3. The molecule has 19 aromatic carbocycles. The minimum Gasteiger partial charge on any atom is -0.310 e. The molecule has 0 fully saturated rings. The molecule has 21 aromatic rings. The smallest absolute Gasteiger partial charge is 0.252 e. The maximum absolute atomic E-state index is 2.75. The van der Waals surface area contributed by atoms with Gasteiger partial charge in [0.1, 0.15) is 0 Å². The highest BCUT2D eigenvalue weighted by atomic mass is 15.2. The van der Waals surface area contributed by atoms with Crippen LogP contribution in [0, 0.1) is 0 Å². The molecule has 5 heteroatoms. The van der Waals surface area contributed by atoms with Gasteiger partial charge in [0, 0.05) is 77.9 Å². The number of benzene rings is 19.